The van der Waals surface area contributed by atoms with Crippen LogP contribution in [0.15, 0.2) is 24.3 Å². The highest BCUT2D eigenvalue weighted by Gasteiger charge is 2.15. The van der Waals surface area contributed by atoms with Crippen LogP contribution in [0.4, 0.5) is 9.18 Å². The summed E-state index contributed by atoms with van der Waals surface area (Å²) in [6.45, 7) is 6.88. The first kappa shape index (κ1) is 17.7. The molecule has 128 valence electrons. The van der Waals surface area contributed by atoms with Gasteiger partial charge in [0.2, 0.25) is 0 Å². The van der Waals surface area contributed by atoms with Gasteiger partial charge in [-0.15, -0.1) is 0 Å². The molecule has 0 unspecified atom stereocenters. The number of piperidine rings is 1. The Bertz CT molecular complexity index is 495. The van der Waals surface area contributed by atoms with E-state index in [1.807, 2.05) is 0 Å². The lowest BCUT2D eigenvalue weighted by molar-refractivity contribution is 0.181. The molecule has 0 bridgehead atoms. The lowest BCUT2D eigenvalue weighted by Crippen LogP contribution is -2.37. The number of unbranched alkanes of at least 4 members (excludes halogenated alkanes) is 1. The predicted octanol–water partition coefficient (Wildman–Crippen LogP) is 3.14. The van der Waals surface area contributed by atoms with Crippen molar-refractivity contribution in [2.24, 2.45) is 5.92 Å². The monoisotopic (exact) mass is 321 g/mol. The first-order valence-corrected chi connectivity index (χ1v) is 8.62. The number of carbonyl (C=O) groups is 1. The summed E-state index contributed by atoms with van der Waals surface area (Å²) in [6, 6.07) is 6.07. The number of carbonyl (C=O) groups excluding carboxylic acids is 1. The van der Waals surface area contributed by atoms with Crippen molar-refractivity contribution >= 4 is 6.03 Å². The summed E-state index contributed by atoms with van der Waals surface area (Å²) >= 11 is 0. The largest absolute Gasteiger partial charge is 0.338 e. The normalized spacial score (nSPS) is 18.6. The van der Waals surface area contributed by atoms with Gasteiger partial charge >= 0.3 is 6.03 Å². The molecule has 0 aliphatic carbocycles. The minimum absolute atomic E-state index is 0.194. The van der Waals surface area contributed by atoms with Gasteiger partial charge in [-0.3, -0.25) is 0 Å². The third-order valence-electron chi connectivity index (χ3n) is 4.27. The Balaban J connectivity index is 1.51. The molecule has 2 N–H and O–H groups in total. The third kappa shape index (κ3) is 6.99. The van der Waals surface area contributed by atoms with Gasteiger partial charge < -0.3 is 15.5 Å². The van der Waals surface area contributed by atoms with Gasteiger partial charge in [-0.1, -0.05) is 19.1 Å². The number of amides is 2. The van der Waals surface area contributed by atoms with Crippen LogP contribution >= 0.6 is 0 Å². The number of hydrogen-bond acceptors (Lipinski definition) is 2. The molecule has 1 fully saturated rings. The van der Waals surface area contributed by atoms with Crippen molar-refractivity contribution in [1.29, 1.82) is 0 Å². The fourth-order valence-electron chi connectivity index (χ4n) is 3.04. The molecule has 1 aliphatic rings. The van der Waals surface area contributed by atoms with Gasteiger partial charge in [-0.2, -0.15) is 0 Å². The predicted molar refractivity (Wildman–Crippen MR) is 90.7 cm³/mol. The van der Waals surface area contributed by atoms with Crippen molar-refractivity contribution in [3.63, 3.8) is 0 Å². The first-order valence-electron chi connectivity index (χ1n) is 8.62. The summed E-state index contributed by atoms with van der Waals surface area (Å²) in [6.07, 6.45) is 4.75. The van der Waals surface area contributed by atoms with Crippen molar-refractivity contribution in [1.82, 2.24) is 15.5 Å². The van der Waals surface area contributed by atoms with Gasteiger partial charge in [0, 0.05) is 19.6 Å². The minimum Gasteiger partial charge on any atom is -0.338 e. The number of rotatable bonds is 7. The van der Waals surface area contributed by atoms with Gasteiger partial charge in [-0.25, -0.2) is 9.18 Å². The molecule has 1 heterocycles. The molecule has 4 nitrogen and oxygen atoms in total. The molecular formula is C18H28FN3O. The highest BCUT2D eigenvalue weighted by Crippen LogP contribution is 2.15. The molecule has 1 saturated heterocycles. The molecule has 0 aromatic heterocycles. The first-order chi connectivity index (χ1) is 11.1. The summed E-state index contributed by atoms with van der Waals surface area (Å²) in [7, 11) is 0. The fraction of sp³-hybridized carbons (Fsp3) is 0.611. The van der Waals surface area contributed by atoms with Crippen molar-refractivity contribution in [3.05, 3.63) is 35.6 Å². The topological polar surface area (TPSA) is 44.4 Å². The zero-order chi connectivity index (χ0) is 16.5. The van der Waals surface area contributed by atoms with Crippen LogP contribution in [-0.4, -0.2) is 37.1 Å². The van der Waals surface area contributed by atoms with Gasteiger partial charge in [0.05, 0.1) is 0 Å². The number of halogens is 1. The molecule has 1 atom stereocenters. The van der Waals surface area contributed by atoms with Crippen LogP contribution in [0.1, 0.15) is 38.2 Å². The van der Waals surface area contributed by atoms with Crippen molar-refractivity contribution < 1.29 is 9.18 Å². The number of hydrogen-bond donors (Lipinski definition) is 2. The average Bonchev–Trinajstić information content (AvgIpc) is 2.53. The number of likely N-dealkylation sites (tertiary alicyclic amines) is 1. The van der Waals surface area contributed by atoms with E-state index in [4.69, 9.17) is 0 Å². The summed E-state index contributed by atoms with van der Waals surface area (Å²) in [5.41, 5.74) is 0.763. The van der Waals surface area contributed by atoms with E-state index >= 15 is 0 Å². The van der Waals surface area contributed by atoms with Crippen LogP contribution in [0.5, 0.6) is 0 Å². The van der Waals surface area contributed by atoms with Gasteiger partial charge in [-0.05, 0) is 62.4 Å². The summed E-state index contributed by atoms with van der Waals surface area (Å²) in [5.74, 6) is 0.534. The second-order valence-corrected chi connectivity index (χ2v) is 6.49. The minimum atomic E-state index is -0.281. The zero-order valence-electron chi connectivity index (χ0n) is 14.0. The lowest BCUT2D eigenvalue weighted by atomic mass is 10.0. The van der Waals surface area contributed by atoms with Crippen LogP contribution in [0.25, 0.3) is 0 Å². The van der Waals surface area contributed by atoms with Gasteiger partial charge in [0.15, 0.2) is 0 Å². The van der Waals surface area contributed by atoms with E-state index in [9.17, 15) is 9.18 Å². The van der Waals surface area contributed by atoms with E-state index in [1.165, 1.54) is 38.1 Å². The molecule has 1 aromatic rings. The molecule has 0 radical (unpaired) electrons. The highest BCUT2D eigenvalue weighted by atomic mass is 19.1. The molecule has 0 spiro atoms. The number of nitrogens with zero attached hydrogens (tertiary/aromatic N) is 1. The number of benzene rings is 1. The van der Waals surface area contributed by atoms with Crippen LogP contribution < -0.4 is 10.6 Å². The SMILES string of the molecule is C[C@H]1CCCN(CCCCNC(=O)NCc2cccc(F)c2)C1. The fourth-order valence-corrected chi connectivity index (χ4v) is 3.04. The zero-order valence-corrected chi connectivity index (χ0v) is 14.0. The van der Waals surface area contributed by atoms with Crippen molar-refractivity contribution in [2.45, 2.75) is 39.2 Å². The van der Waals surface area contributed by atoms with Crippen molar-refractivity contribution in [2.75, 3.05) is 26.2 Å². The van der Waals surface area contributed by atoms with Crippen LogP contribution in [0.3, 0.4) is 0 Å². The standard InChI is InChI=1S/C18H28FN3O/c1-15-6-5-11-22(14-15)10-3-2-9-20-18(23)21-13-16-7-4-8-17(19)12-16/h4,7-8,12,15H,2-3,5-6,9-11,13-14H2,1H3,(H2,20,21,23)/t15-/m0/s1. The Labute approximate surface area is 138 Å². The van der Waals surface area contributed by atoms with Gasteiger partial charge in [0.25, 0.3) is 0 Å². The van der Waals surface area contributed by atoms with Crippen LogP contribution in [0, 0.1) is 11.7 Å². The summed E-state index contributed by atoms with van der Waals surface area (Å²) in [4.78, 5) is 14.2. The second kappa shape index (κ2) is 9.50. The van der Waals surface area contributed by atoms with E-state index in [2.05, 4.69) is 22.5 Å². The highest BCUT2D eigenvalue weighted by molar-refractivity contribution is 5.73. The van der Waals surface area contributed by atoms with E-state index in [1.54, 1.807) is 12.1 Å². The molecular weight excluding hydrogens is 293 g/mol. The maximum Gasteiger partial charge on any atom is 0.315 e. The van der Waals surface area contributed by atoms with E-state index < -0.39 is 0 Å². The molecule has 2 amide bonds. The molecule has 1 aliphatic heterocycles. The van der Waals surface area contributed by atoms with E-state index in [-0.39, 0.29) is 11.8 Å². The smallest absolute Gasteiger partial charge is 0.315 e. The van der Waals surface area contributed by atoms with E-state index in [0.29, 0.717) is 13.1 Å². The number of urea groups is 1. The Morgan fingerprint density at radius 2 is 2.22 bits per heavy atom. The summed E-state index contributed by atoms with van der Waals surface area (Å²) in [5, 5.41) is 5.60. The molecule has 2 rings (SSSR count). The average molecular weight is 321 g/mol. The lowest BCUT2D eigenvalue weighted by Gasteiger charge is -2.30. The Hall–Kier alpha value is -1.62. The molecule has 1 aromatic carbocycles. The Morgan fingerprint density at radius 3 is 3.00 bits per heavy atom. The van der Waals surface area contributed by atoms with E-state index in [0.717, 1.165) is 30.9 Å². The molecule has 5 heteroatoms. The maximum absolute atomic E-state index is 13.0. The Kier molecular flexibility index (Phi) is 7.33. The second-order valence-electron chi connectivity index (χ2n) is 6.49. The third-order valence-corrected chi connectivity index (χ3v) is 4.27. The Morgan fingerprint density at radius 1 is 1.35 bits per heavy atom. The number of nitrogens with one attached hydrogen (secondary N) is 2. The molecule has 0 saturated carbocycles. The quantitative estimate of drug-likeness (QED) is 0.758. The maximum atomic E-state index is 13.0. The van der Waals surface area contributed by atoms with Crippen LogP contribution in [0.2, 0.25) is 0 Å². The van der Waals surface area contributed by atoms with Gasteiger partial charge in [0.1, 0.15) is 5.82 Å². The van der Waals surface area contributed by atoms with Crippen LogP contribution in [-0.2, 0) is 6.54 Å². The molecule has 23 heavy (non-hydrogen) atoms. The van der Waals surface area contributed by atoms with Crippen molar-refractivity contribution in [3.8, 4) is 0 Å². The summed E-state index contributed by atoms with van der Waals surface area (Å²) < 4.78 is 13.0.